The van der Waals surface area contributed by atoms with Crippen molar-refractivity contribution in [1.29, 1.82) is 0 Å². The second kappa shape index (κ2) is 12.3. The Morgan fingerprint density at radius 2 is 1.38 bits per heavy atom. The summed E-state index contributed by atoms with van der Waals surface area (Å²) in [7, 11) is 0. The van der Waals surface area contributed by atoms with Crippen molar-refractivity contribution in [3.05, 3.63) is 54.6 Å². The van der Waals surface area contributed by atoms with E-state index in [-0.39, 0.29) is 31.2 Å². The fourth-order valence-electron chi connectivity index (χ4n) is 2.66. The molecule has 3 N–H and O–H groups in total. The van der Waals surface area contributed by atoms with Crippen LogP contribution in [0.4, 0.5) is 16.2 Å². The van der Waals surface area contributed by atoms with Gasteiger partial charge in [0.1, 0.15) is 11.4 Å². The van der Waals surface area contributed by atoms with Gasteiger partial charge < -0.3 is 25.4 Å². The van der Waals surface area contributed by atoms with Crippen LogP contribution >= 0.6 is 0 Å². The Morgan fingerprint density at radius 1 is 0.812 bits per heavy atom. The molecule has 0 aliphatic heterocycles. The van der Waals surface area contributed by atoms with Crippen LogP contribution in [0.3, 0.4) is 0 Å². The Kier molecular flexibility index (Phi) is 9.53. The number of carbonyl (C=O) groups excluding carboxylic acids is 3. The molecule has 3 amide bonds. The summed E-state index contributed by atoms with van der Waals surface area (Å²) in [6.45, 7) is 5.86. The largest absolute Gasteiger partial charge is 0.494 e. The molecule has 0 saturated heterocycles. The Morgan fingerprint density at radius 3 is 1.97 bits per heavy atom. The number of benzene rings is 2. The molecule has 2 aromatic carbocycles. The first kappa shape index (κ1) is 24.7. The van der Waals surface area contributed by atoms with Gasteiger partial charge in [0.2, 0.25) is 11.8 Å². The second-order valence-corrected chi connectivity index (χ2v) is 8.09. The molecule has 0 bridgehead atoms. The number of anilines is 2. The van der Waals surface area contributed by atoms with E-state index in [1.165, 1.54) is 0 Å². The van der Waals surface area contributed by atoms with E-state index in [0.29, 0.717) is 24.4 Å². The number of rotatable bonds is 10. The lowest BCUT2D eigenvalue weighted by Crippen LogP contribution is -2.34. The lowest BCUT2D eigenvalue weighted by atomic mass is 10.2. The third-order valence-corrected chi connectivity index (χ3v) is 4.06. The zero-order valence-corrected chi connectivity index (χ0v) is 18.8. The Labute approximate surface area is 188 Å². The molecule has 0 aliphatic carbocycles. The first-order chi connectivity index (χ1) is 15.2. The van der Waals surface area contributed by atoms with E-state index in [0.717, 1.165) is 5.75 Å². The summed E-state index contributed by atoms with van der Waals surface area (Å²) in [6, 6.07) is 16.4. The number of hydrogen-bond acceptors (Lipinski definition) is 5. The van der Waals surface area contributed by atoms with Crippen molar-refractivity contribution in [3.8, 4) is 5.75 Å². The molecule has 0 fully saturated rings. The standard InChI is InChI=1S/C24H31N3O5/c1-24(2,3)32-23(30)25-16-15-22(29)27-20-13-8-7-12-19(20)26-21(28)14-9-17-31-18-10-5-4-6-11-18/h4-8,10-13H,9,14-17H2,1-3H3,(H,25,30)(H,26,28)(H,27,29). The first-order valence-corrected chi connectivity index (χ1v) is 10.6. The monoisotopic (exact) mass is 441 g/mol. The van der Waals surface area contributed by atoms with Crippen LogP contribution in [0.5, 0.6) is 5.75 Å². The number of ether oxygens (including phenoxy) is 2. The quantitative estimate of drug-likeness (QED) is 0.476. The highest BCUT2D eigenvalue weighted by Gasteiger charge is 2.16. The Bertz CT molecular complexity index is 894. The van der Waals surface area contributed by atoms with E-state index in [4.69, 9.17) is 9.47 Å². The van der Waals surface area contributed by atoms with Gasteiger partial charge in [-0.3, -0.25) is 9.59 Å². The molecule has 0 unspecified atom stereocenters. The van der Waals surface area contributed by atoms with Gasteiger partial charge in [0.15, 0.2) is 0 Å². The highest BCUT2D eigenvalue weighted by Crippen LogP contribution is 2.21. The van der Waals surface area contributed by atoms with E-state index in [1.54, 1.807) is 45.0 Å². The number of hydrogen-bond donors (Lipinski definition) is 3. The highest BCUT2D eigenvalue weighted by molar-refractivity contribution is 5.99. The van der Waals surface area contributed by atoms with Gasteiger partial charge in [-0.2, -0.15) is 0 Å². The van der Waals surface area contributed by atoms with Crippen LogP contribution in [0.25, 0.3) is 0 Å². The van der Waals surface area contributed by atoms with Crippen LogP contribution in [-0.2, 0) is 14.3 Å². The number of amides is 3. The molecule has 0 heterocycles. The summed E-state index contributed by atoms with van der Waals surface area (Å²) in [5.74, 6) is 0.302. The van der Waals surface area contributed by atoms with Crippen molar-refractivity contribution in [2.75, 3.05) is 23.8 Å². The second-order valence-electron chi connectivity index (χ2n) is 8.09. The smallest absolute Gasteiger partial charge is 0.407 e. The van der Waals surface area contributed by atoms with Crippen LogP contribution in [0.1, 0.15) is 40.0 Å². The van der Waals surface area contributed by atoms with Crippen molar-refractivity contribution in [2.24, 2.45) is 0 Å². The predicted molar refractivity (Wildman–Crippen MR) is 124 cm³/mol. The fraction of sp³-hybridized carbons (Fsp3) is 0.375. The minimum absolute atomic E-state index is 0.0678. The molecule has 32 heavy (non-hydrogen) atoms. The Balaban J connectivity index is 1.74. The zero-order valence-electron chi connectivity index (χ0n) is 18.8. The number of carbonyl (C=O) groups is 3. The van der Waals surface area contributed by atoms with Gasteiger partial charge in [-0.1, -0.05) is 30.3 Å². The first-order valence-electron chi connectivity index (χ1n) is 10.6. The van der Waals surface area contributed by atoms with Crippen LogP contribution < -0.4 is 20.7 Å². The van der Waals surface area contributed by atoms with Gasteiger partial charge >= 0.3 is 6.09 Å². The lowest BCUT2D eigenvalue weighted by molar-refractivity contribution is -0.117. The van der Waals surface area contributed by atoms with E-state index < -0.39 is 11.7 Å². The van der Waals surface area contributed by atoms with E-state index in [2.05, 4.69) is 16.0 Å². The minimum Gasteiger partial charge on any atom is -0.494 e. The molecular weight excluding hydrogens is 410 g/mol. The van der Waals surface area contributed by atoms with Crippen LogP contribution in [0, 0.1) is 0 Å². The summed E-state index contributed by atoms with van der Waals surface area (Å²) in [4.78, 5) is 36.2. The number of para-hydroxylation sites is 3. The Hall–Kier alpha value is -3.55. The lowest BCUT2D eigenvalue weighted by Gasteiger charge is -2.19. The average Bonchev–Trinajstić information content (AvgIpc) is 2.72. The van der Waals surface area contributed by atoms with E-state index in [1.807, 2.05) is 30.3 Å². The molecule has 0 aromatic heterocycles. The molecule has 8 heteroatoms. The summed E-state index contributed by atoms with van der Waals surface area (Å²) in [5, 5.41) is 8.11. The fourth-order valence-corrected chi connectivity index (χ4v) is 2.66. The van der Waals surface area contributed by atoms with Crippen LogP contribution in [-0.4, -0.2) is 36.7 Å². The summed E-state index contributed by atoms with van der Waals surface area (Å²) in [6.07, 6.45) is 0.341. The highest BCUT2D eigenvalue weighted by atomic mass is 16.6. The topological polar surface area (TPSA) is 106 Å². The van der Waals surface area contributed by atoms with E-state index in [9.17, 15) is 14.4 Å². The molecule has 0 atom stereocenters. The van der Waals surface area contributed by atoms with Gasteiger partial charge in [-0.15, -0.1) is 0 Å². The maximum Gasteiger partial charge on any atom is 0.407 e. The molecule has 8 nitrogen and oxygen atoms in total. The third-order valence-electron chi connectivity index (χ3n) is 4.06. The number of nitrogens with one attached hydrogen (secondary N) is 3. The normalized spacial score (nSPS) is 10.7. The molecule has 0 spiro atoms. The third kappa shape index (κ3) is 9.97. The van der Waals surface area contributed by atoms with Gasteiger partial charge in [0.05, 0.1) is 18.0 Å². The van der Waals surface area contributed by atoms with Crippen LogP contribution in [0.15, 0.2) is 54.6 Å². The molecule has 2 rings (SSSR count). The minimum atomic E-state index is -0.600. The van der Waals surface area contributed by atoms with Crippen molar-refractivity contribution in [2.45, 2.75) is 45.6 Å². The average molecular weight is 442 g/mol. The van der Waals surface area contributed by atoms with Crippen molar-refractivity contribution in [1.82, 2.24) is 5.32 Å². The zero-order chi connectivity index (χ0) is 23.4. The molecular formula is C24H31N3O5. The predicted octanol–water partition coefficient (Wildman–Crippen LogP) is 4.34. The molecule has 2 aromatic rings. The summed E-state index contributed by atoms with van der Waals surface area (Å²) < 4.78 is 10.7. The molecule has 172 valence electrons. The maximum absolute atomic E-state index is 12.3. The van der Waals surface area contributed by atoms with Crippen molar-refractivity contribution < 1.29 is 23.9 Å². The van der Waals surface area contributed by atoms with Crippen molar-refractivity contribution >= 4 is 29.3 Å². The van der Waals surface area contributed by atoms with Gasteiger partial charge in [-0.05, 0) is 51.5 Å². The van der Waals surface area contributed by atoms with Gasteiger partial charge in [-0.25, -0.2) is 4.79 Å². The summed E-state index contributed by atoms with van der Waals surface area (Å²) in [5.41, 5.74) is 0.399. The number of alkyl carbamates (subject to hydrolysis) is 1. The SMILES string of the molecule is CC(C)(C)OC(=O)NCCC(=O)Nc1ccccc1NC(=O)CCCOc1ccccc1. The van der Waals surface area contributed by atoms with Gasteiger partial charge in [0.25, 0.3) is 0 Å². The molecule has 0 saturated carbocycles. The maximum atomic E-state index is 12.3. The van der Waals surface area contributed by atoms with Crippen molar-refractivity contribution in [3.63, 3.8) is 0 Å². The van der Waals surface area contributed by atoms with Gasteiger partial charge in [0, 0.05) is 19.4 Å². The summed E-state index contributed by atoms with van der Waals surface area (Å²) >= 11 is 0. The van der Waals surface area contributed by atoms with Crippen LogP contribution in [0.2, 0.25) is 0 Å². The molecule has 0 aliphatic rings. The van der Waals surface area contributed by atoms with E-state index >= 15 is 0 Å². The molecule has 0 radical (unpaired) electrons.